The predicted molar refractivity (Wildman–Crippen MR) is 102 cm³/mol. The number of halogens is 1. The van der Waals surface area contributed by atoms with Crippen LogP contribution in [-0.4, -0.2) is 51.1 Å². The highest BCUT2D eigenvalue weighted by molar-refractivity contribution is 6.31. The van der Waals surface area contributed by atoms with Crippen molar-refractivity contribution in [1.29, 1.82) is 0 Å². The zero-order valence-electron chi connectivity index (χ0n) is 14.5. The Morgan fingerprint density at radius 1 is 1.12 bits per heavy atom. The molecule has 1 saturated heterocycles. The number of piperazine rings is 1. The minimum absolute atomic E-state index is 0.213. The Bertz CT molecular complexity index is 758. The number of anilines is 2. The van der Waals surface area contributed by atoms with Crippen LogP contribution in [0.3, 0.4) is 0 Å². The molecule has 0 saturated carbocycles. The van der Waals surface area contributed by atoms with E-state index in [0.717, 1.165) is 31.9 Å². The van der Waals surface area contributed by atoms with Gasteiger partial charge in [-0.2, -0.15) is 0 Å². The third kappa shape index (κ3) is 4.06. The van der Waals surface area contributed by atoms with Crippen molar-refractivity contribution in [3.63, 3.8) is 0 Å². The molecule has 132 valence electrons. The van der Waals surface area contributed by atoms with Crippen LogP contribution in [0.4, 0.5) is 11.4 Å². The number of nitrogens with one attached hydrogen (secondary N) is 1. The van der Waals surface area contributed by atoms with E-state index >= 15 is 0 Å². The highest BCUT2D eigenvalue weighted by Gasteiger charge is 2.19. The van der Waals surface area contributed by atoms with Crippen molar-refractivity contribution in [2.24, 2.45) is 0 Å². The summed E-state index contributed by atoms with van der Waals surface area (Å²) >= 11 is 6.16. The largest absolute Gasteiger partial charge is 0.496 e. The van der Waals surface area contributed by atoms with E-state index in [4.69, 9.17) is 16.3 Å². The third-order valence-corrected chi connectivity index (χ3v) is 4.64. The highest BCUT2D eigenvalue weighted by Crippen LogP contribution is 2.31. The average Bonchev–Trinajstić information content (AvgIpc) is 2.63. The molecule has 0 unspecified atom stereocenters. The van der Waals surface area contributed by atoms with E-state index in [-0.39, 0.29) is 5.91 Å². The molecule has 0 aliphatic carbocycles. The first kappa shape index (κ1) is 17.6. The van der Waals surface area contributed by atoms with Crippen LogP contribution in [0.5, 0.6) is 5.75 Å². The van der Waals surface area contributed by atoms with E-state index in [0.29, 0.717) is 22.0 Å². The molecule has 25 heavy (non-hydrogen) atoms. The number of hydrogen-bond donors (Lipinski definition) is 1. The van der Waals surface area contributed by atoms with Gasteiger partial charge in [0, 0.05) is 31.2 Å². The van der Waals surface area contributed by atoms with Gasteiger partial charge in [0.15, 0.2) is 0 Å². The number of likely N-dealkylation sites (N-methyl/N-ethyl adjacent to an activating group) is 1. The van der Waals surface area contributed by atoms with Crippen molar-refractivity contribution in [3.05, 3.63) is 53.1 Å². The molecule has 6 heteroatoms. The molecule has 1 heterocycles. The third-order valence-electron chi connectivity index (χ3n) is 4.40. The SMILES string of the molecule is COc1ccccc1C(=O)Nc1cc(Cl)ccc1N1CCN(C)CC1. The van der Waals surface area contributed by atoms with Gasteiger partial charge in [-0.15, -0.1) is 0 Å². The topological polar surface area (TPSA) is 44.8 Å². The summed E-state index contributed by atoms with van der Waals surface area (Å²) in [5, 5.41) is 3.58. The van der Waals surface area contributed by atoms with Gasteiger partial charge in [0.1, 0.15) is 5.75 Å². The molecule has 0 spiro atoms. The molecule has 1 aliphatic heterocycles. The van der Waals surface area contributed by atoms with E-state index in [9.17, 15) is 4.79 Å². The summed E-state index contributed by atoms with van der Waals surface area (Å²) in [5.74, 6) is 0.332. The van der Waals surface area contributed by atoms with Crippen molar-refractivity contribution in [3.8, 4) is 5.75 Å². The standard InChI is InChI=1S/C19H22ClN3O2/c1-22-9-11-23(12-10-22)17-8-7-14(20)13-16(17)21-19(24)15-5-3-4-6-18(15)25-2/h3-8,13H,9-12H2,1-2H3,(H,21,24). The van der Waals surface area contributed by atoms with Gasteiger partial charge < -0.3 is 19.9 Å². The van der Waals surface area contributed by atoms with Gasteiger partial charge in [-0.1, -0.05) is 23.7 Å². The maximum atomic E-state index is 12.7. The molecule has 0 aromatic heterocycles. The number of rotatable bonds is 4. The lowest BCUT2D eigenvalue weighted by Gasteiger charge is -2.35. The van der Waals surface area contributed by atoms with Crippen LogP contribution >= 0.6 is 11.6 Å². The molecule has 1 fully saturated rings. The first-order valence-corrected chi connectivity index (χ1v) is 8.63. The Hall–Kier alpha value is -2.24. The van der Waals surface area contributed by atoms with Crippen LogP contribution < -0.4 is 15.0 Å². The van der Waals surface area contributed by atoms with Crippen LogP contribution in [-0.2, 0) is 0 Å². The number of ether oxygens (including phenoxy) is 1. The van der Waals surface area contributed by atoms with Crippen molar-refractivity contribution in [2.45, 2.75) is 0 Å². The lowest BCUT2D eigenvalue weighted by molar-refractivity contribution is 0.102. The van der Waals surface area contributed by atoms with E-state index in [1.54, 1.807) is 25.3 Å². The lowest BCUT2D eigenvalue weighted by atomic mass is 10.1. The minimum atomic E-state index is -0.213. The monoisotopic (exact) mass is 359 g/mol. The maximum absolute atomic E-state index is 12.7. The second-order valence-electron chi connectivity index (χ2n) is 6.11. The number of para-hydroxylation sites is 1. The molecule has 1 aliphatic rings. The molecule has 5 nitrogen and oxygen atoms in total. The second-order valence-corrected chi connectivity index (χ2v) is 6.54. The molecule has 0 radical (unpaired) electrons. The number of carbonyl (C=O) groups excluding carboxylic acids is 1. The van der Waals surface area contributed by atoms with Crippen molar-refractivity contribution >= 4 is 28.9 Å². The first-order chi connectivity index (χ1) is 12.1. The minimum Gasteiger partial charge on any atom is -0.496 e. The zero-order valence-corrected chi connectivity index (χ0v) is 15.2. The highest BCUT2D eigenvalue weighted by atomic mass is 35.5. The molecule has 2 aromatic rings. The summed E-state index contributed by atoms with van der Waals surface area (Å²) in [7, 11) is 3.67. The predicted octanol–water partition coefficient (Wildman–Crippen LogP) is 3.35. The van der Waals surface area contributed by atoms with E-state index in [1.165, 1.54) is 0 Å². The summed E-state index contributed by atoms with van der Waals surface area (Å²) in [6, 6.07) is 12.8. The van der Waals surface area contributed by atoms with Crippen LogP contribution in [0.15, 0.2) is 42.5 Å². The fourth-order valence-electron chi connectivity index (χ4n) is 2.95. The number of amides is 1. The van der Waals surface area contributed by atoms with Gasteiger partial charge in [0.25, 0.3) is 5.91 Å². The van der Waals surface area contributed by atoms with Crippen molar-refractivity contribution in [2.75, 3.05) is 50.6 Å². The van der Waals surface area contributed by atoms with Crippen LogP contribution in [0.2, 0.25) is 5.02 Å². The van der Waals surface area contributed by atoms with Crippen LogP contribution in [0.1, 0.15) is 10.4 Å². The molecule has 3 rings (SSSR count). The molecule has 2 aromatic carbocycles. The first-order valence-electron chi connectivity index (χ1n) is 8.26. The Morgan fingerprint density at radius 3 is 2.56 bits per heavy atom. The summed E-state index contributed by atoms with van der Waals surface area (Å²) in [4.78, 5) is 17.3. The van der Waals surface area contributed by atoms with E-state index < -0.39 is 0 Å². The molecule has 1 amide bonds. The molecule has 0 atom stereocenters. The molecule has 0 bridgehead atoms. The Morgan fingerprint density at radius 2 is 1.84 bits per heavy atom. The number of hydrogen-bond acceptors (Lipinski definition) is 4. The molecular weight excluding hydrogens is 338 g/mol. The fraction of sp³-hybridized carbons (Fsp3) is 0.316. The fourth-order valence-corrected chi connectivity index (χ4v) is 3.13. The van der Waals surface area contributed by atoms with E-state index in [1.807, 2.05) is 24.3 Å². The van der Waals surface area contributed by atoms with Crippen molar-refractivity contribution in [1.82, 2.24) is 4.90 Å². The van der Waals surface area contributed by atoms with Gasteiger partial charge in [-0.05, 0) is 37.4 Å². The normalized spacial score (nSPS) is 15.1. The van der Waals surface area contributed by atoms with Gasteiger partial charge in [-0.3, -0.25) is 4.79 Å². The maximum Gasteiger partial charge on any atom is 0.259 e. The Balaban J connectivity index is 1.86. The molecular formula is C19H22ClN3O2. The number of methoxy groups -OCH3 is 1. The Labute approximate surface area is 153 Å². The average molecular weight is 360 g/mol. The number of benzene rings is 2. The second kappa shape index (κ2) is 7.76. The van der Waals surface area contributed by atoms with Gasteiger partial charge in [0.2, 0.25) is 0 Å². The van der Waals surface area contributed by atoms with E-state index in [2.05, 4.69) is 22.2 Å². The quantitative estimate of drug-likeness (QED) is 0.909. The zero-order chi connectivity index (χ0) is 17.8. The van der Waals surface area contributed by atoms with Crippen LogP contribution in [0, 0.1) is 0 Å². The van der Waals surface area contributed by atoms with Crippen LogP contribution in [0.25, 0.3) is 0 Å². The smallest absolute Gasteiger partial charge is 0.259 e. The van der Waals surface area contributed by atoms with Gasteiger partial charge in [0.05, 0.1) is 24.0 Å². The molecule has 1 N–H and O–H groups in total. The Kier molecular flexibility index (Phi) is 5.46. The van der Waals surface area contributed by atoms with Gasteiger partial charge >= 0.3 is 0 Å². The number of nitrogens with zero attached hydrogens (tertiary/aromatic N) is 2. The summed E-state index contributed by atoms with van der Waals surface area (Å²) < 4.78 is 5.28. The summed E-state index contributed by atoms with van der Waals surface area (Å²) in [6.07, 6.45) is 0. The summed E-state index contributed by atoms with van der Waals surface area (Å²) in [6.45, 7) is 3.80. The lowest BCUT2D eigenvalue weighted by Crippen LogP contribution is -2.44. The van der Waals surface area contributed by atoms with Crippen molar-refractivity contribution < 1.29 is 9.53 Å². The van der Waals surface area contributed by atoms with Gasteiger partial charge in [-0.25, -0.2) is 0 Å². The number of carbonyl (C=O) groups is 1. The summed E-state index contributed by atoms with van der Waals surface area (Å²) in [5.41, 5.74) is 2.20.